The molecular weight excluding hydrogens is 342 g/mol. The Morgan fingerprint density at radius 1 is 1.25 bits per heavy atom. The van der Waals surface area contributed by atoms with Crippen LogP contribution in [-0.4, -0.2) is 50.8 Å². The van der Waals surface area contributed by atoms with Gasteiger partial charge in [0.2, 0.25) is 10.0 Å². The number of sulfonamides is 1. The first-order valence-corrected chi connectivity index (χ1v) is 8.85. The van der Waals surface area contributed by atoms with Crippen LogP contribution in [0.25, 0.3) is 0 Å². The fraction of sp³-hybridized carbons (Fsp3) is 0.538. The van der Waals surface area contributed by atoms with Crippen molar-refractivity contribution in [2.45, 2.75) is 17.9 Å². The Bertz CT molecular complexity index is 577. The molecule has 1 aromatic carbocycles. The average Bonchev–Trinajstić information content (AvgIpc) is 2.64. The van der Waals surface area contributed by atoms with Gasteiger partial charge in [0.1, 0.15) is 0 Å². The normalized spacial score (nSPS) is 18.9. The van der Waals surface area contributed by atoms with E-state index in [1.165, 1.54) is 0 Å². The van der Waals surface area contributed by atoms with Crippen LogP contribution in [0, 0.1) is 0 Å². The van der Waals surface area contributed by atoms with Crippen molar-refractivity contribution in [2.75, 3.05) is 33.2 Å². The third-order valence-corrected chi connectivity index (χ3v) is 6.42. The lowest BCUT2D eigenvalue weighted by Crippen LogP contribution is -2.34. The fourth-order valence-corrected chi connectivity index (χ4v) is 4.72. The maximum absolute atomic E-state index is 12.8. The molecule has 112 valence electrons. The Morgan fingerprint density at radius 3 is 2.70 bits per heavy atom. The van der Waals surface area contributed by atoms with Crippen LogP contribution in [0.1, 0.15) is 12.0 Å². The second-order valence-corrected chi connectivity index (χ2v) is 7.79. The van der Waals surface area contributed by atoms with Gasteiger partial charge in [-0.2, -0.15) is 4.31 Å². The number of hydrogen-bond donors (Lipinski definition) is 1. The average molecular weight is 362 g/mol. The molecular formula is C13H20BrN3O2S. The van der Waals surface area contributed by atoms with Crippen molar-refractivity contribution in [1.82, 2.24) is 9.21 Å². The van der Waals surface area contributed by atoms with Crippen LogP contribution >= 0.6 is 15.9 Å². The van der Waals surface area contributed by atoms with Crippen molar-refractivity contribution >= 4 is 26.0 Å². The summed E-state index contributed by atoms with van der Waals surface area (Å²) < 4.78 is 27.7. The predicted molar refractivity (Wildman–Crippen MR) is 82.9 cm³/mol. The predicted octanol–water partition coefficient (Wildman–Crippen LogP) is 1.23. The SMILES string of the molecule is CN1CCCN(S(=O)(=O)c2cc(CN)ccc2Br)CC1. The summed E-state index contributed by atoms with van der Waals surface area (Å²) in [4.78, 5) is 2.46. The smallest absolute Gasteiger partial charge is 0.244 e. The van der Waals surface area contributed by atoms with Crippen LogP contribution < -0.4 is 5.73 Å². The van der Waals surface area contributed by atoms with Crippen LogP contribution in [0.2, 0.25) is 0 Å². The number of halogens is 1. The Kier molecular flexibility index (Phi) is 5.19. The van der Waals surface area contributed by atoms with E-state index in [-0.39, 0.29) is 0 Å². The molecule has 0 spiro atoms. The molecule has 2 N–H and O–H groups in total. The van der Waals surface area contributed by atoms with Gasteiger partial charge in [-0.25, -0.2) is 8.42 Å². The molecule has 1 aliphatic rings. The first kappa shape index (κ1) is 15.9. The zero-order valence-electron chi connectivity index (χ0n) is 11.5. The number of benzene rings is 1. The van der Waals surface area contributed by atoms with Gasteiger partial charge in [0.25, 0.3) is 0 Å². The Balaban J connectivity index is 2.34. The van der Waals surface area contributed by atoms with Gasteiger partial charge < -0.3 is 10.6 Å². The summed E-state index contributed by atoms with van der Waals surface area (Å²) in [5.74, 6) is 0. The first-order chi connectivity index (χ1) is 9.45. The highest BCUT2D eigenvalue weighted by Gasteiger charge is 2.28. The Labute approximate surface area is 128 Å². The topological polar surface area (TPSA) is 66.6 Å². The van der Waals surface area contributed by atoms with Crippen LogP contribution in [-0.2, 0) is 16.6 Å². The van der Waals surface area contributed by atoms with Crippen LogP contribution in [0.15, 0.2) is 27.6 Å². The monoisotopic (exact) mass is 361 g/mol. The summed E-state index contributed by atoms with van der Waals surface area (Å²) in [6, 6.07) is 5.24. The number of hydrogen-bond acceptors (Lipinski definition) is 4. The van der Waals surface area contributed by atoms with E-state index in [0.717, 1.165) is 25.1 Å². The van der Waals surface area contributed by atoms with E-state index in [4.69, 9.17) is 5.73 Å². The first-order valence-electron chi connectivity index (χ1n) is 6.62. The molecule has 1 aliphatic heterocycles. The van der Waals surface area contributed by atoms with E-state index in [1.807, 2.05) is 13.1 Å². The maximum atomic E-state index is 12.8. The number of likely N-dealkylation sites (N-methyl/N-ethyl adjacent to an activating group) is 1. The fourth-order valence-electron chi connectivity index (χ4n) is 2.27. The van der Waals surface area contributed by atoms with Gasteiger partial charge in [-0.15, -0.1) is 0 Å². The third-order valence-electron chi connectivity index (χ3n) is 3.53. The van der Waals surface area contributed by atoms with Gasteiger partial charge in [-0.1, -0.05) is 6.07 Å². The lowest BCUT2D eigenvalue weighted by atomic mass is 10.2. The van der Waals surface area contributed by atoms with E-state index in [9.17, 15) is 8.42 Å². The molecule has 1 fully saturated rings. The highest BCUT2D eigenvalue weighted by atomic mass is 79.9. The molecule has 1 heterocycles. The quantitative estimate of drug-likeness (QED) is 0.879. The van der Waals surface area contributed by atoms with Crippen LogP contribution in [0.5, 0.6) is 0 Å². The summed E-state index contributed by atoms with van der Waals surface area (Å²) in [5, 5.41) is 0. The Hall–Kier alpha value is -0.470. The van der Waals surface area contributed by atoms with Crippen molar-refractivity contribution in [3.63, 3.8) is 0 Å². The van der Waals surface area contributed by atoms with Crippen LogP contribution in [0.3, 0.4) is 0 Å². The van der Waals surface area contributed by atoms with Gasteiger partial charge in [-0.3, -0.25) is 0 Å². The molecule has 7 heteroatoms. The van der Waals surface area contributed by atoms with E-state index >= 15 is 0 Å². The molecule has 0 radical (unpaired) electrons. The molecule has 20 heavy (non-hydrogen) atoms. The molecule has 0 saturated carbocycles. The van der Waals surface area contributed by atoms with Gasteiger partial charge in [-0.05, 0) is 53.6 Å². The number of nitrogens with two attached hydrogens (primary N) is 1. The molecule has 1 saturated heterocycles. The van der Waals surface area contributed by atoms with Gasteiger partial charge in [0.15, 0.2) is 0 Å². The maximum Gasteiger partial charge on any atom is 0.244 e. The molecule has 0 aliphatic carbocycles. The lowest BCUT2D eigenvalue weighted by Gasteiger charge is -2.21. The lowest BCUT2D eigenvalue weighted by molar-refractivity contribution is 0.347. The molecule has 0 aromatic heterocycles. The van der Waals surface area contributed by atoms with E-state index < -0.39 is 10.0 Å². The highest BCUT2D eigenvalue weighted by Crippen LogP contribution is 2.26. The zero-order valence-corrected chi connectivity index (χ0v) is 14.0. The summed E-state index contributed by atoms with van der Waals surface area (Å²) >= 11 is 3.34. The van der Waals surface area contributed by atoms with Gasteiger partial charge in [0, 0.05) is 30.7 Å². The highest BCUT2D eigenvalue weighted by molar-refractivity contribution is 9.10. The molecule has 0 amide bonds. The van der Waals surface area contributed by atoms with Crippen LogP contribution in [0.4, 0.5) is 0 Å². The molecule has 1 aromatic rings. The number of nitrogens with zero attached hydrogens (tertiary/aromatic N) is 2. The Morgan fingerprint density at radius 2 is 2.00 bits per heavy atom. The molecule has 2 rings (SSSR count). The zero-order chi connectivity index (χ0) is 14.8. The van der Waals surface area contributed by atoms with E-state index in [0.29, 0.717) is 29.0 Å². The largest absolute Gasteiger partial charge is 0.326 e. The number of rotatable bonds is 3. The van der Waals surface area contributed by atoms with Crippen molar-refractivity contribution in [1.29, 1.82) is 0 Å². The van der Waals surface area contributed by atoms with E-state index in [1.54, 1.807) is 16.4 Å². The molecule has 0 atom stereocenters. The van der Waals surface area contributed by atoms with Crippen molar-refractivity contribution in [3.8, 4) is 0 Å². The minimum absolute atomic E-state index is 0.310. The second-order valence-electron chi connectivity index (χ2n) is 5.03. The second kappa shape index (κ2) is 6.53. The molecule has 0 bridgehead atoms. The summed E-state index contributed by atoms with van der Waals surface area (Å²) in [7, 11) is -1.45. The minimum Gasteiger partial charge on any atom is -0.326 e. The molecule has 5 nitrogen and oxygen atoms in total. The summed E-state index contributed by atoms with van der Waals surface area (Å²) in [6.07, 6.45) is 0.851. The van der Waals surface area contributed by atoms with Crippen molar-refractivity contribution in [2.24, 2.45) is 5.73 Å². The third kappa shape index (κ3) is 3.40. The van der Waals surface area contributed by atoms with Gasteiger partial charge in [0.05, 0.1) is 4.90 Å². The summed E-state index contributed by atoms with van der Waals surface area (Å²) in [6.45, 7) is 3.10. The standard InChI is InChI=1S/C13H20BrN3O2S/c1-16-5-2-6-17(8-7-16)20(18,19)13-9-11(10-15)3-4-12(13)14/h3-4,9H,2,5-8,10,15H2,1H3. The van der Waals surface area contributed by atoms with Crippen molar-refractivity contribution in [3.05, 3.63) is 28.2 Å². The van der Waals surface area contributed by atoms with Crippen molar-refractivity contribution < 1.29 is 8.42 Å². The van der Waals surface area contributed by atoms with E-state index in [2.05, 4.69) is 20.8 Å². The summed E-state index contributed by atoms with van der Waals surface area (Å²) in [5.41, 5.74) is 6.42. The van der Waals surface area contributed by atoms with Gasteiger partial charge >= 0.3 is 0 Å². The molecule has 0 unspecified atom stereocenters. The minimum atomic E-state index is -3.47.